The number of pyridine rings is 1. The van der Waals surface area contributed by atoms with Crippen molar-refractivity contribution in [3.8, 4) is 0 Å². The minimum Gasteiger partial charge on any atom is -0.367 e. The van der Waals surface area contributed by atoms with Crippen LogP contribution in [0.25, 0.3) is 0 Å². The lowest BCUT2D eigenvalue weighted by molar-refractivity contribution is -0.176. The number of hydrazone groups is 1. The lowest BCUT2D eigenvalue weighted by Gasteiger charge is -2.08. The fourth-order valence-corrected chi connectivity index (χ4v) is 1.77. The van der Waals surface area contributed by atoms with Gasteiger partial charge in [0.1, 0.15) is 6.61 Å². The first-order chi connectivity index (χ1) is 11.4. The molecule has 0 saturated carbocycles. The van der Waals surface area contributed by atoms with Gasteiger partial charge in [-0.05, 0) is 23.8 Å². The van der Waals surface area contributed by atoms with Crippen LogP contribution in [0, 0.1) is 0 Å². The second-order valence-corrected chi connectivity index (χ2v) is 4.79. The van der Waals surface area contributed by atoms with E-state index in [0.717, 1.165) is 0 Å². The third-order valence-electron chi connectivity index (χ3n) is 2.79. The number of hydrogen-bond acceptors (Lipinski definition) is 4. The van der Waals surface area contributed by atoms with E-state index in [4.69, 9.17) is 0 Å². The van der Waals surface area contributed by atoms with Crippen LogP contribution in [0.1, 0.15) is 21.5 Å². The van der Waals surface area contributed by atoms with E-state index in [9.17, 15) is 18.0 Å². The van der Waals surface area contributed by atoms with Gasteiger partial charge in [-0.3, -0.25) is 9.78 Å². The topological polar surface area (TPSA) is 63.6 Å². The molecule has 0 aliphatic rings. The number of carbonyl (C=O) groups is 1. The number of hydrogen-bond donors (Lipinski definition) is 1. The van der Waals surface area contributed by atoms with Crippen molar-refractivity contribution < 1.29 is 22.7 Å². The molecule has 2 aromatic rings. The van der Waals surface area contributed by atoms with Crippen molar-refractivity contribution in [3.05, 3.63) is 65.5 Å². The summed E-state index contributed by atoms with van der Waals surface area (Å²) in [6.07, 6.45) is 0.244. The molecule has 0 atom stereocenters. The van der Waals surface area contributed by atoms with E-state index in [1.165, 1.54) is 18.3 Å². The van der Waals surface area contributed by atoms with Crippen LogP contribution in [0.15, 0.2) is 53.9 Å². The van der Waals surface area contributed by atoms with Crippen molar-refractivity contribution in [3.63, 3.8) is 0 Å². The van der Waals surface area contributed by atoms with Gasteiger partial charge in [0.25, 0.3) is 5.91 Å². The van der Waals surface area contributed by atoms with Gasteiger partial charge in [-0.2, -0.15) is 18.3 Å². The molecule has 0 radical (unpaired) electrons. The predicted molar refractivity (Wildman–Crippen MR) is 81.5 cm³/mol. The molecule has 0 unspecified atom stereocenters. The molecule has 1 amide bonds. The summed E-state index contributed by atoms with van der Waals surface area (Å²) in [7, 11) is 0. The van der Waals surface area contributed by atoms with Crippen molar-refractivity contribution in [1.29, 1.82) is 0 Å². The summed E-state index contributed by atoms with van der Waals surface area (Å²) in [5.41, 5.74) is 3.78. The first kappa shape index (κ1) is 17.6. The van der Waals surface area contributed by atoms with Gasteiger partial charge in [-0.15, -0.1) is 0 Å². The van der Waals surface area contributed by atoms with Crippen molar-refractivity contribution in [2.75, 3.05) is 6.61 Å². The van der Waals surface area contributed by atoms with Crippen molar-refractivity contribution in [1.82, 2.24) is 10.4 Å². The molecule has 5 nitrogen and oxygen atoms in total. The fraction of sp³-hybridized carbons (Fsp3) is 0.188. The van der Waals surface area contributed by atoms with Gasteiger partial charge in [0.05, 0.1) is 12.8 Å². The number of aromatic nitrogens is 1. The highest BCUT2D eigenvalue weighted by molar-refractivity contribution is 5.95. The fourth-order valence-electron chi connectivity index (χ4n) is 1.77. The maximum Gasteiger partial charge on any atom is 0.411 e. The Morgan fingerprint density at radius 1 is 1.29 bits per heavy atom. The van der Waals surface area contributed by atoms with E-state index in [-0.39, 0.29) is 12.2 Å². The molecule has 0 spiro atoms. The number of carbonyl (C=O) groups excluding carboxylic acids is 1. The molecule has 2 rings (SSSR count). The van der Waals surface area contributed by atoms with E-state index < -0.39 is 18.7 Å². The number of alkyl halides is 3. The maximum atomic E-state index is 12.0. The predicted octanol–water partition coefficient (Wildman–Crippen LogP) is 2.92. The number of rotatable bonds is 6. The molecule has 24 heavy (non-hydrogen) atoms. The highest BCUT2D eigenvalue weighted by atomic mass is 19.4. The molecule has 1 heterocycles. The van der Waals surface area contributed by atoms with E-state index in [2.05, 4.69) is 20.2 Å². The Morgan fingerprint density at radius 2 is 2.12 bits per heavy atom. The Bertz CT molecular complexity index is 703. The first-order valence-corrected chi connectivity index (χ1v) is 6.91. The molecule has 1 N–H and O–H groups in total. The van der Waals surface area contributed by atoms with Gasteiger partial charge in [-0.25, -0.2) is 5.43 Å². The van der Waals surface area contributed by atoms with E-state index >= 15 is 0 Å². The molecule has 0 saturated heterocycles. The number of nitrogens with zero attached hydrogens (tertiary/aromatic N) is 2. The van der Waals surface area contributed by atoms with Crippen molar-refractivity contribution >= 4 is 12.1 Å². The molecular weight excluding hydrogens is 323 g/mol. The van der Waals surface area contributed by atoms with Crippen LogP contribution in [0.5, 0.6) is 0 Å². The monoisotopic (exact) mass is 337 g/mol. The van der Waals surface area contributed by atoms with Crippen LogP contribution in [0.4, 0.5) is 13.2 Å². The average Bonchev–Trinajstić information content (AvgIpc) is 2.55. The average molecular weight is 337 g/mol. The molecule has 8 heteroatoms. The summed E-state index contributed by atoms with van der Waals surface area (Å²) >= 11 is 0. The van der Waals surface area contributed by atoms with E-state index in [1.54, 1.807) is 36.7 Å². The largest absolute Gasteiger partial charge is 0.411 e. The van der Waals surface area contributed by atoms with E-state index in [0.29, 0.717) is 11.1 Å². The minimum absolute atomic E-state index is 0.237. The third-order valence-corrected chi connectivity index (χ3v) is 2.79. The van der Waals surface area contributed by atoms with Gasteiger partial charge < -0.3 is 4.74 Å². The molecule has 0 bridgehead atoms. The second-order valence-electron chi connectivity index (χ2n) is 4.79. The van der Waals surface area contributed by atoms with Crippen molar-refractivity contribution in [2.45, 2.75) is 12.8 Å². The summed E-state index contributed by atoms with van der Waals surface area (Å²) in [5.74, 6) is -0.479. The Balaban J connectivity index is 1.90. The number of nitrogens with one attached hydrogen (secondary N) is 1. The highest BCUT2D eigenvalue weighted by Gasteiger charge is 2.27. The number of ether oxygens (including phenoxy) is 1. The second kappa shape index (κ2) is 8.21. The zero-order valence-electron chi connectivity index (χ0n) is 12.5. The quantitative estimate of drug-likeness (QED) is 0.651. The number of amides is 1. The summed E-state index contributed by atoms with van der Waals surface area (Å²) in [6, 6.07) is 9.61. The van der Waals surface area contributed by atoms with Crippen LogP contribution >= 0.6 is 0 Å². The Hall–Kier alpha value is -2.74. The summed E-state index contributed by atoms with van der Waals surface area (Å²) in [4.78, 5) is 15.9. The van der Waals surface area contributed by atoms with Gasteiger partial charge in [-0.1, -0.05) is 18.2 Å². The molecular formula is C16H14F3N3O2. The van der Waals surface area contributed by atoms with Gasteiger partial charge >= 0.3 is 6.18 Å². The number of benzene rings is 1. The standard InChI is InChI=1S/C16H14F3N3O2/c17-16(18,19)11-24-10-12-3-1-5-14(7-12)15(23)22-21-9-13-4-2-6-20-8-13/h1-9H,10-11H2,(H,22,23)/b21-9+. The molecule has 0 aliphatic carbocycles. The molecule has 126 valence electrons. The van der Waals surface area contributed by atoms with Crippen molar-refractivity contribution in [2.24, 2.45) is 5.10 Å². The summed E-state index contributed by atoms with van der Waals surface area (Å²) in [6.45, 7) is -1.57. The van der Waals surface area contributed by atoms with Crippen LogP contribution in [-0.4, -0.2) is 29.9 Å². The van der Waals surface area contributed by atoms with Crippen LogP contribution in [-0.2, 0) is 11.3 Å². The van der Waals surface area contributed by atoms with Crippen LogP contribution in [0.2, 0.25) is 0 Å². The Labute approximate surface area is 136 Å². The van der Waals surface area contributed by atoms with Gasteiger partial charge in [0.15, 0.2) is 0 Å². The molecule has 0 aliphatic heterocycles. The maximum absolute atomic E-state index is 12.0. The molecule has 0 fully saturated rings. The molecule has 1 aromatic carbocycles. The zero-order chi connectivity index (χ0) is 17.4. The van der Waals surface area contributed by atoms with E-state index in [1.807, 2.05) is 0 Å². The third kappa shape index (κ3) is 6.17. The minimum atomic E-state index is -4.38. The van der Waals surface area contributed by atoms with Gasteiger partial charge in [0.2, 0.25) is 0 Å². The summed E-state index contributed by atoms with van der Waals surface area (Å²) < 4.78 is 40.7. The SMILES string of the molecule is O=C(N/N=C/c1cccnc1)c1cccc(COCC(F)(F)F)c1. The van der Waals surface area contributed by atoms with Crippen LogP contribution in [0.3, 0.4) is 0 Å². The lowest BCUT2D eigenvalue weighted by Crippen LogP contribution is -2.18. The first-order valence-electron chi connectivity index (χ1n) is 6.91. The normalized spacial score (nSPS) is 11.6. The van der Waals surface area contributed by atoms with Crippen LogP contribution < -0.4 is 5.43 Å². The Kier molecular flexibility index (Phi) is 6.02. The smallest absolute Gasteiger partial charge is 0.367 e. The lowest BCUT2D eigenvalue weighted by atomic mass is 10.1. The summed E-state index contributed by atoms with van der Waals surface area (Å²) in [5, 5.41) is 3.80. The molecule has 1 aromatic heterocycles. The highest BCUT2D eigenvalue weighted by Crippen LogP contribution is 2.16. The van der Waals surface area contributed by atoms with Gasteiger partial charge in [0, 0.05) is 23.5 Å². The Morgan fingerprint density at radius 3 is 2.83 bits per heavy atom. The number of halogens is 3. The zero-order valence-corrected chi connectivity index (χ0v) is 12.5.